The van der Waals surface area contributed by atoms with Gasteiger partial charge in [-0.2, -0.15) is 0 Å². The van der Waals surface area contributed by atoms with Crippen molar-refractivity contribution in [2.45, 2.75) is 70.2 Å². The van der Waals surface area contributed by atoms with Crippen LogP contribution in [0.2, 0.25) is 0 Å². The van der Waals surface area contributed by atoms with E-state index in [2.05, 4.69) is 43.1 Å². The fraction of sp³-hybridized carbons (Fsp3) is 0.955. The van der Waals surface area contributed by atoms with Crippen LogP contribution in [-0.4, -0.2) is 98.6 Å². The van der Waals surface area contributed by atoms with Crippen LogP contribution in [0.25, 0.3) is 0 Å². The summed E-state index contributed by atoms with van der Waals surface area (Å²) < 4.78 is 12.1. The number of piperidine rings is 1. The third-order valence-corrected chi connectivity index (χ3v) is 6.70. The van der Waals surface area contributed by atoms with Gasteiger partial charge in [-0.3, -0.25) is 4.90 Å². The van der Waals surface area contributed by atoms with Gasteiger partial charge in [-0.1, -0.05) is 13.8 Å². The number of urea groups is 1. The summed E-state index contributed by atoms with van der Waals surface area (Å²) in [6, 6.07) is 0.889. The molecule has 2 amide bonds. The third kappa shape index (κ3) is 5.84. The molecule has 2 saturated heterocycles. The van der Waals surface area contributed by atoms with Gasteiger partial charge in [0.1, 0.15) is 0 Å². The minimum absolute atomic E-state index is 0.0903. The number of nitrogens with one attached hydrogen (secondary N) is 1. The summed E-state index contributed by atoms with van der Waals surface area (Å²) in [6.07, 6.45) is 6.25. The number of fused-ring (bicyclic) bond motifs is 1. The molecule has 7 heteroatoms. The number of carbonyl (C=O) groups is 1. The van der Waals surface area contributed by atoms with E-state index in [9.17, 15) is 4.79 Å². The molecule has 0 aromatic carbocycles. The quantitative estimate of drug-likeness (QED) is 0.666. The van der Waals surface area contributed by atoms with Crippen LogP contribution in [0.5, 0.6) is 0 Å². The molecule has 1 saturated carbocycles. The first-order valence-corrected chi connectivity index (χ1v) is 11.7. The molecule has 3 rings (SSSR count). The molecule has 0 unspecified atom stereocenters. The predicted octanol–water partition coefficient (Wildman–Crippen LogP) is 2.37. The summed E-state index contributed by atoms with van der Waals surface area (Å²) >= 11 is 0. The van der Waals surface area contributed by atoms with Crippen LogP contribution < -0.4 is 5.32 Å². The number of hydrogen-bond donors (Lipinski definition) is 1. The molecular formula is C22H42N4O3. The fourth-order valence-corrected chi connectivity index (χ4v) is 5.40. The Kier molecular flexibility index (Phi) is 8.19. The van der Waals surface area contributed by atoms with Crippen LogP contribution in [0, 0.1) is 5.92 Å². The van der Waals surface area contributed by atoms with Gasteiger partial charge in [0.2, 0.25) is 0 Å². The average molecular weight is 411 g/mol. The lowest BCUT2D eigenvalue weighted by Crippen LogP contribution is -2.60. The van der Waals surface area contributed by atoms with Crippen LogP contribution in [0.4, 0.5) is 4.79 Å². The summed E-state index contributed by atoms with van der Waals surface area (Å²) in [6.45, 7) is 10.3. The van der Waals surface area contributed by atoms with Crippen molar-refractivity contribution in [2.24, 2.45) is 5.92 Å². The van der Waals surface area contributed by atoms with E-state index in [1.165, 1.54) is 0 Å². The number of hydrogen-bond acceptors (Lipinski definition) is 5. The number of nitrogens with zero attached hydrogens (tertiary/aromatic N) is 3. The maximum absolute atomic E-state index is 13.0. The largest absolute Gasteiger partial charge is 0.348 e. The van der Waals surface area contributed by atoms with Crippen molar-refractivity contribution < 1.29 is 14.3 Å². The molecule has 168 valence electrons. The van der Waals surface area contributed by atoms with Crippen molar-refractivity contribution in [3.05, 3.63) is 0 Å². The highest BCUT2D eigenvalue weighted by atomic mass is 16.7. The Hall–Kier alpha value is -0.890. The number of amides is 2. The zero-order valence-electron chi connectivity index (χ0n) is 19.0. The second-order valence-corrected chi connectivity index (χ2v) is 9.35. The zero-order valence-corrected chi connectivity index (χ0v) is 19.0. The highest BCUT2D eigenvalue weighted by Crippen LogP contribution is 2.44. The molecule has 1 spiro atoms. The molecule has 1 N–H and O–H groups in total. The molecule has 29 heavy (non-hydrogen) atoms. The number of likely N-dealkylation sites (tertiary alicyclic amines) is 1. The summed E-state index contributed by atoms with van der Waals surface area (Å²) in [4.78, 5) is 19.7. The molecular weight excluding hydrogens is 368 g/mol. The Morgan fingerprint density at radius 2 is 1.90 bits per heavy atom. The Morgan fingerprint density at radius 1 is 1.14 bits per heavy atom. The van der Waals surface area contributed by atoms with Crippen molar-refractivity contribution in [3.63, 3.8) is 0 Å². The van der Waals surface area contributed by atoms with Gasteiger partial charge in [0.05, 0.1) is 13.2 Å². The number of rotatable bonds is 8. The zero-order chi connectivity index (χ0) is 20.9. The third-order valence-electron chi connectivity index (χ3n) is 6.70. The van der Waals surface area contributed by atoms with Gasteiger partial charge in [0, 0.05) is 51.1 Å². The fourth-order valence-electron chi connectivity index (χ4n) is 5.40. The van der Waals surface area contributed by atoms with Crippen molar-refractivity contribution >= 4 is 6.03 Å². The number of ether oxygens (including phenoxy) is 2. The standard InChI is InChI=1S/C22H42N4O3/c1-5-9-25(12-11-24(3)4)21(27)23-19-15-18-16-22(28-13-14-29-22)8-7-20(18)26(17-19)10-6-2/h18-20H,5-17H2,1-4H3,(H,23,27)/t18-,19+,20-/m1/s1. The number of carbonyl (C=O) groups excluding carboxylic acids is 1. The van der Waals surface area contributed by atoms with E-state index in [1.54, 1.807) is 0 Å². The van der Waals surface area contributed by atoms with E-state index in [-0.39, 0.29) is 17.9 Å². The van der Waals surface area contributed by atoms with Gasteiger partial charge in [-0.15, -0.1) is 0 Å². The first-order chi connectivity index (χ1) is 14.0. The lowest BCUT2D eigenvalue weighted by atomic mass is 9.74. The van der Waals surface area contributed by atoms with E-state index in [4.69, 9.17) is 9.47 Å². The van der Waals surface area contributed by atoms with E-state index in [0.717, 1.165) is 71.2 Å². The minimum atomic E-state index is -0.356. The highest BCUT2D eigenvalue weighted by molar-refractivity contribution is 5.74. The molecule has 2 aliphatic heterocycles. The SMILES string of the molecule is CCCN(CCN(C)C)C(=O)N[C@H]1C[C@@H]2CC3(CC[C@H]2N(CCC)C1)OCCO3. The first-order valence-electron chi connectivity index (χ1n) is 11.7. The predicted molar refractivity (Wildman–Crippen MR) is 115 cm³/mol. The van der Waals surface area contributed by atoms with Gasteiger partial charge in [-0.05, 0) is 52.2 Å². The Labute approximate surface area is 177 Å². The number of likely N-dealkylation sites (N-methyl/N-ethyl adjacent to an activating group) is 1. The Bertz CT molecular complexity index is 524. The van der Waals surface area contributed by atoms with Gasteiger partial charge >= 0.3 is 6.03 Å². The smallest absolute Gasteiger partial charge is 0.317 e. The van der Waals surface area contributed by atoms with Crippen molar-refractivity contribution in [2.75, 3.05) is 60.0 Å². The summed E-state index contributed by atoms with van der Waals surface area (Å²) in [7, 11) is 4.11. The topological polar surface area (TPSA) is 57.3 Å². The molecule has 1 aliphatic carbocycles. The van der Waals surface area contributed by atoms with Crippen LogP contribution in [0.3, 0.4) is 0 Å². The molecule has 7 nitrogen and oxygen atoms in total. The van der Waals surface area contributed by atoms with E-state index in [0.29, 0.717) is 25.2 Å². The van der Waals surface area contributed by atoms with E-state index >= 15 is 0 Å². The summed E-state index contributed by atoms with van der Waals surface area (Å²) in [5.74, 6) is 0.166. The molecule has 3 fully saturated rings. The molecule has 3 atom stereocenters. The van der Waals surface area contributed by atoms with Gasteiger partial charge in [0.15, 0.2) is 5.79 Å². The Balaban J connectivity index is 1.63. The normalized spacial score (nSPS) is 29.2. The molecule has 0 aromatic heterocycles. The van der Waals surface area contributed by atoms with Gasteiger partial charge < -0.3 is 24.6 Å². The second kappa shape index (κ2) is 10.4. The Morgan fingerprint density at radius 3 is 2.55 bits per heavy atom. The lowest BCUT2D eigenvalue weighted by Gasteiger charge is -2.51. The van der Waals surface area contributed by atoms with Crippen LogP contribution >= 0.6 is 0 Å². The minimum Gasteiger partial charge on any atom is -0.348 e. The van der Waals surface area contributed by atoms with Gasteiger partial charge in [0.25, 0.3) is 0 Å². The van der Waals surface area contributed by atoms with Crippen LogP contribution in [0.1, 0.15) is 52.4 Å². The van der Waals surface area contributed by atoms with E-state index < -0.39 is 0 Å². The molecule has 0 radical (unpaired) electrons. The van der Waals surface area contributed by atoms with Crippen molar-refractivity contribution in [3.8, 4) is 0 Å². The molecule has 2 heterocycles. The van der Waals surface area contributed by atoms with Gasteiger partial charge in [-0.25, -0.2) is 4.79 Å². The maximum atomic E-state index is 13.0. The van der Waals surface area contributed by atoms with Crippen LogP contribution in [-0.2, 0) is 9.47 Å². The monoisotopic (exact) mass is 410 g/mol. The lowest BCUT2D eigenvalue weighted by molar-refractivity contribution is -0.201. The summed E-state index contributed by atoms with van der Waals surface area (Å²) in [5.41, 5.74) is 0. The van der Waals surface area contributed by atoms with Crippen molar-refractivity contribution in [1.82, 2.24) is 20.0 Å². The maximum Gasteiger partial charge on any atom is 0.317 e. The first kappa shape index (κ1) is 22.8. The average Bonchev–Trinajstić information content (AvgIpc) is 3.12. The summed E-state index contributed by atoms with van der Waals surface area (Å²) in [5, 5.41) is 3.37. The van der Waals surface area contributed by atoms with Crippen LogP contribution in [0.15, 0.2) is 0 Å². The van der Waals surface area contributed by atoms with Crippen molar-refractivity contribution in [1.29, 1.82) is 0 Å². The highest BCUT2D eigenvalue weighted by Gasteiger charge is 2.49. The second-order valence-electron chi connectivity index (χ2n) is 9.35. The molecule has 0 bridgehead atoms. The van der Waals surface area contributed by atoms with E-state index in [1.807, 2.05) is 4.90 Å². The molecule has 3 aliphatic rings. The molecule has 0 aromatic rings.